The van der Waals surface area contributed by atoms with Crippen LogP contribution in [0.15, 0.2) is 29.1 Å². The van der Waals surface area contributed by atoms with E-state index in [1.807, 2.05) is 26.0 Å². The Labute approximate surface area is 151 Å². The number of hydrogen-bond donors (Lipinski definition) is 1. The predicted molar refractivity (Wildman–Crippen MR) is 101 cm³/mol. The maximum absolute atomic E-state index is 12.6. The van der Waals surface area contributed by atoms with Crippen LogP contribution in [0.1, 0.15) is 11.1 Å². The number of H-pyrrole nitrogens is 1. The number of fused-ring (bicyclic) bond motifs is 1. The van der Waals surface area contributed by atoms with Gasteiger partial charge in [-0.05, 0) is 44.0 Å². The monoisotopic (exact) mass is 353 g/mol. The molecule has 1 radical (unpaired) electrons. The van der Waals surface area contributed by atoms with Crippen molar-refractivity contribution in [2.24, 2.45) is 0 Å². The summed E-state index contributed by atoms with van der Waals surface area (Å²) in [4.78, 5) is 20.1. The molecule has 1 heterocycles. The van der Waals surface area contributed by atoms with Crippen LogP contribution in [0.5, 0.6) is 17.2 Å². The summed E-state index contributed by atoms with van der Waals surface area (Å²) in [6, 6.07) is 7.24. The standard InChI is InChI=1S/C20H21N2O4/c1-6-26-18-11(2)7-13(8-12(18)3)19-21-15-9-14(24-4)10-16(25-5)17(15)20(23)22-19/h7-10H,1,6H2,2-5H3,(H,21,22,23). The van der Waals surface area contributed by atoms with Gasteiger partial charge in [0.15, 0.2) is 0 Å². The number of aryl methyl sites for hydroxylation is 2. The van der Waals surface area contributed by atoms with Gasteiger partial charge in [-0.25, -0.2) is 4.98 Å². The molecule has 0 saturated heterocycles. The average molecular weight is 353 g/mol. The van der Waals surface area contributed by atoms with Crippen LogP contribution in [0.4, 0.5) is 0 Å². The number of aromatic nitrogens is 2. The fraction of sp³-hybridized carbons (Fsp3) is 0.250. The van der Waals surface area contributed by atoms with Gasteiger partial charge in [0.05, 0.1) is 26.3 Å². The molecule has 0 aliphatic carbocycles. The van der Waals surface area contributed by atoms with Crippen LogP contribution in [0, 0.1) is 20.8 Å². The van der Waals surface area contributed by atoms with E-state index in [1.165, 1.54) is 7.11 Å². The van der Waals surface area contributed by atoms with Crippen molar-refractivity contribution in [3.63, 3.8) is 0 Å². The molecule has 135 valence electrons. The smallest absolute Gasteiger partial charge is 0.262 e. The number of methoxy groups -OCH3 is 2. The molecule has 3 rings (SSSR count). The molecule has 6 heteroatoms. The van der Waals surface area contributed by atoms with Gasteiger partial charge in [-0.3, -0.25) is 4.79 Å². The Morgan fingerprint density at radius 2 is 1.77 bits per heavy atom. The van der Waals surface area contributed by atoms with Crippen molar-refractivity contribution in [1.29, 1.82) is 0 Å². The fourth-order valence-corrected chi connectivity index (χ4v) is 3.04. The van der Waals surface area contributed by atoms with E-state index in [9.17, 15) is 4.79 Å². The first-order valence-corrected chi connectivity index (χ1v) is 8.18. The molecule has 0 bridgehead atoms. The zero-order valence-corrected chi connectivity index (χ0v) is 15.3. The number of rotatable bonds is 5. The third-order valence-electron chi connectivity index (χ3n) is 4.18. The van der Waals surface area contributed by atoms with Crippen molar-refractivity contribution in [2.45, 2.75) is 13.8 Å². The Hall–Kier alpha value is -3.02. The summed E-state index contributed by atoms with van der Waals surface area (Å²) in [5.41, 5.74) is 2.95. The van der Waals surface area contributed by atoms with Crippen LogP contribution in [0.3, 0.4) is 0 Å². The van der Waals surface area contributed by atoms with E-state index in [2.05, 4.69) is 16.9 Å². The molecule has 0 amide bonds. The van der Waals surface area contributed by atoms with Crippen LogP contribution in [-0.4, -0.2) is 30.8 Å². The molecule has 3 aromatic rings. The largest absolute Gasteiger partial charge is 0.497 e. The molecule has 1 aromatic heterocycles. The first-order chi connectivity index (χ1) is 12.5. The Balaban J connectivity index is 2.22. The molecule has 26 heavy (non-hydrogen) atoms. The van der Waals surface area contributed by atoms with Gasteiger partial charge >= 0.3 is 0 Å². The van der Waals surface area contributed by atoms with E-state index in [0.29, 0.717) is 34.8 Å². The minimum Gasteiger partial charge on any atom is -0.497 e. The van der Waals surface area contributed by atoms with Crippen LogP contribution in [0.2, 0.25) is 0 Å². The second-order valence-corrected chi connectivity index (χ2v) is 5.93. The van der Waals surface area contributed by atoms with E-state index in [4.69, 9.17) is 14.2 Å². The molecule has 0 spiro atoms. The third-order valence-corrected chi connectivity index (χ3v) is 4.18. The number of ether oxygens (including phenoxy) is 3. The van der Waals surface area contributed by atoms with Gasteiger partial charge in [-0.1, -0.05) is 0 Å². The van der Waals surface area contributed by atoms with Gasteiger partial charge in [-0.15, -0.1) is 0 Å². The lowest BCUT2D eigenvalue weighted by atomic mass is 10.0. The lowest BCUT2D eigenvalue weighted by molar-refractivity contribution is 0.356. The Morgan fingerprint density at radius 3 is 2.35 bits per heavy atom. The third kappa shape index (κ3) is 3.10. The SMILES string of the molecule is [CH2]COc1c(C)cc(-c2nc3cc(OC)cc(OC)c3c(=O)[nH]2)cc1C. The number of nitrogens with zero attached hydrogens (tertiary/aromatic N) is 1. The van der Waals surface area contributed by atoms with E-state index in [1.54, 1.807) is 19.2 Å². The zero-order valence-electron chi connectivity index (χ0n) is 15.3. The van der Waals surface area contributed by atoms with Gasteiger partial charge in [0, 0.05) is 17.7 Å². The summed E-state index contributed by atoms with van der Waals surface area (Å²) in [6.07, 6.45) is 0. The summed E-state index contributed by atoms with van der Waals surface area (Å²) >= 11 is 0. The summed E-state index contributed by atoms with van der Waals surface area (Å²) < 4.78 is 16.2. The van der Waals surface area contributed by atoms with Gasteiger partial charge < -0.3 is 19.2 Å². The average Bonchev–Trinajstić information content (AvgIpc) is 2.63. The summed E-state index contributed by atoms with van der Waals surface area (Å²) in [6.45, 7) is 7.97. The van der Waals surface area contributed by atoms with Gasteiger partial charge in [0.25, 0.3) is 5.56 Å². The Morgan fingerprint density at radius 1 is 1.08 bits per heavy atom. The molecule has 6 nitrogen and oxygen atoms in total. The minimum absolute atomic E-state index is 0.266. The van der Waals surface area contributed by atoms with Crippen LogP contribution in [0.25, 0.3) is 22.3 Å². The molecule has 0 unspecified atom stereocenters. The molecule has 0 saturated carbocycles. The quantitative estimate of drug-likeness (QED) is 0.761. The minimum atomic E-state index is -0.266. The van der Waals surface area contributed by atoms with Gasteiger partial charge in [0.2, 0.25) is 0 Å². The van der Waals surface area contributed by atoms with Crippen LogP contribution in [-0.2, 0) is 0 Å². The van der Waals surface area contributed by atoms with Gasteiger partial charge in [-0.2, -0.15) is 0 Å². The highest BCUT2D eigenvalue weighted by molar-refractivity contribution is 5.87. The molecular weight excluding hydrogens is 332 g/mol. The van der Waals surface area contributed by atoms with E-state index >= 15 is 0 Å². The predicted octanol–water partition coefficient (Wildman–Crippen LogP) is 3.44. The number of aromatic amines is 1. The van der Waals surface area contributed by atoms with E-state index < -0.39 is 0 Å². The van der Waals surface area contributed by atoms with Crippen molar-refractivity contribution in [3.8, 4) is 28.6 Å². The van der Waals surface area contributed by atoms with E-state index in [-0.39, 0.29) is 5.56 Å². The Kier molecular flexibility index (Phi) is 4.84. The highest BCUT2D eigenvalue weighted by atomic mass is 16.5. The summed E-state index contributed by atoms with van der Waals surface area (Å²) in [5.74, 6) is 2.27. The molecule has 0 aliphatic heterocycles. The highest BCUT2D eigenvalue weighted by Crippen LogP contribution is 2.31. The second kappa shape index (κ2) is 7.07. The van der Waals surface area contributed by atoms with Crippen LogP contribution < -0.4 is 19.8 Å². The topological polar surface area (TPSA) is 73.4 Å². The molecule has 1 N–H and O–H groups in total. The van der Waals surface area contributed by atoms with Crippen LogP contribution >= 0.6 is 0 Å². The molecule has 0 fully saturated rings. The fourth-order valence-electron chi connectivity index (χ4n) is 3.04. The first-order valence-electron chi connectivity index (χ1n) is 8.18. The molecular formula is C20H21N2O4. The first kappa shape index (κ1) is 17.8. The highest BCUT2D eigenvalue weighted by Gasteiger charge is 2.14. The van der Waals surface area contributed by atoms with Gasteiger partial charge in [0.1, 0.15) is 28.5 Å². The molecule has 0 aliphatic rings. The second-order valence-electron chi connectivity index (χ2n) is 5.93. The maximum Gasteiger partial charge on any atom is 0.262 e. The number of benzene rings is 2. The molecule has 0 atom stereocenters. The summed E-state index contributed by atoms with van der Waals surface area (Å²) in [5, 5.41) is 0.391. The Bertz CT molecular complexity index is 1000. The lowest BCUT2D eigenvalue weighted by Crippen LogP contribution is -2.11. The van der Waals surface area contributed by atoms with Crippen molar-refractivity contribution >= 4 is 10.9 Å². The van der Waals surface area contributed by atoms with Crippen molar-refractivity contribution in [3.05, 3.63) is 52.7 Å². The molecule has 2 aromatic carbocycles. The van der Waals surface area contributed by atoms with Crippen molar-refractivity contribution in [1.82, 2.24) is 9.97 Å². The number of nitrogens with one attached hydrogen (secondary N) is 1. The zero-order chi connectivity index (χ0) is 18.8. The van der Waals surface area contributed by atoms with Crippen molar-refractivity contribution in [2.75, 3.05) is 20.8 Å². The lowest BCUT2D eigenvalue weighted by Gasteiger charge is -2.13. The summed E-state index contributed by atoms with van der Waals surface area (Å²) in [7, 11) is 3.07. The normalized spacial score (nSPS) is 10.8. The number of hydrogen-bond acceptors (Lipinski definition) is 5. The van der Waals surface area contributed by atoms with Crippen molar-refractivity contribution < 1.29 is 14.2 Å². The van der Waals surface area contributed by atoms with E-state index in [0.717, 1.165) is 22.4 Å². The maximum atomic E-state index is 12.6.